The number of carbonyl (C=O) groups is 3. The lowest BCUT2D eigenvalue weighted by Crippen LogP contribution is -2.56. The van der Waals surface area contributed by atoms with Gasteiger partial charge in [-0.3, -0.25) is 19.6 Å². The van der Waals surface area contributed by atoms with Crippen LogP contribution in [0, 0.1) is 11.3 Å². The molecule has 2 atom stereocenters. The highest BCUT2D eigenvalue weighted by Gasteiger charge is 2.52. The third-order valence-electron chi connectivity index (χ3n) is 5.78. The van der Waals surface area contributed by atoms with Gasteiger partial charge in [0.15, 0.2) is 11.8 Å². The first-order valence-electron chi connectivity index (χ1n) is 10.6. The molecule has 1 amide bonds. The fourth-order valence-electron chi connectivity index (χ4n) is 3.98. The number of anilines is 1. The predicted molar refractivity (Wildman–Crippen MR) is 128 cm³/mol. The average molecular weight is 490 g/mol. The van der Waals surface area contributed by atoms with Crippen LogP contribution in [-0.4, -0.2) is 39.5 Å². The predicted octanol–water partition coefficient (Wildman–Crippen LogP) is 5.10. The molecule has 1 saturated carbocycles. The normalized spacial score (nSPS) is 19.1. The molecule has 1 unspecified atom stereocenters. The number of carboxylic acids is 1. The van der Waals surface area contributed by atoms with Crippen molar-refractivity contribution in [2.45, 2.75) is 46.1 Å². The van der Waals surface area contributed by atoms with E-state index in [0.29, 0.717) is 17.8 Å². The smallest absolute Gasteiger partial charge is 0.328 e. The lowest BCUT2D eigenvalue weighted by Gasteiger charge is -2.43. The number of carbonyl (C=O) groups excluding carboxylic acids is 2. The molecule has 2 aromatic rings. The lowest BCUT2D eigenvalue weighted by atomic mass is 9.59. The summed E-state index contributed by atoms with van der Waals surface area (Å²) < 4.78 is 0. The third-order valence-corrected chi connectivity index (χ3v) is 6.35. The van der Waals surface area contributed by atoms with Crippen LogP contribution in [0.1, 0.15) is 49.5 Å². The van der Waals surface area contributed by atoms with Crippen molar-refractivity contribution >= 4 is 52.3 Å². The Hall–Kier alpha value is -2.77. The molecule has 1 fully saturated rings. The van der Waals surface area contributed by atoms with E-state index in [2.05, 4.69) is 15.3 Å². The maximum Gasteiger partial charge on any atom is 0.328 e. The summed E-state index contributed by atoms with van der Waals surface area (Å²) in [5, 5.41) is 12.7. The van der Waals surface area contributed by atoms with Crippen molar-refractivity contribution in [1.29, 1.82) is 0 Å². The Morgan fingerprint density at radius 1 is 1.18 bits per heavy atom. The van der Waals surface area contributed by atoms with E-state index in [0.717, 1.165) is 12.0 Å². The zero-order valence-corrected chi connectivity index (χ0v) is 20.1. The number of Topliss-reactive ketones (excluding diaryl/α,β-unsaturated/α-hetero) is 1. The number of rotatable bonds is 8. The summed E-state index contributed by atoms with van der Waals surface area (Å²) in [6.07, 6.45) is 4.33. The van der Waals surface area contributed by atoms with E-state index in [4.69, 9.17) is 23.2 Å². The van der Waals surface area contributed by atoms with Crippen LogP contribution >= 0.6 is 23.2 Å². The lowest BCUT2D eigenvalue weighted by molar-refractivity contribution is -0.138. The molecule has 3 rings (SSSR count). The zero-order valence-electron chi connectivity index (χ0n) is 18.6. The monoisotopic (exact) mass is 489 g/mol. The topological polar surface area (TPSA) is 109 Å². The summed E-state index contributed by atoms with van der Waals surface area (Å²) in [6, 6.07) is 5.78. The Labute approximate surface area is 202 Å². The zero-order chi connectivity index (χ0) is 24.3. The molecule has 1 aliphatic rings. The minimum absolute atomic E-state index is 0.113. The van der Waals surface area contributed by atoms with Crippen LogP contribution in [-0.2, 0) is 16.0 Å². The summed E-state index contributed by atoms with van der Waals surface area (Å²) in [5.41, 5.74) is 1.30. The van der Waals surface area contributed by atoms with Crippen molar-refractivity contribution in [2.75, 3.05) is 5.32 Å². The van der Waals surface area contributed by atoms with E-state index < -0.39 is 23.3 Å². The summed E-state index contributed by atoms with van der Waals surface area (Å²) in [5.74, 6) is -1.71. The number of hydrogen-bond donors (Lipinski definition) is 2. The van der Waals surface area contributed by atoms with Crippen molar-refractivity contribution in [1.82, 2.24) is 4.98 Å². The number of hydrogen-bond acceptors (Lipinski definition) is 5. The van der Waals surface area contributed by atoms with Crippen LogP contribution < -0.4 is 5.32 Å². The molecule has 33 heavy (non-hydrogen) atoms. The van der Waals surface area contributed by atoms with E-state index in [-0.39, 0.29) is 33.7 Å². The highest BCUT2D eigenvalue weighted by Crippen LogP contribution is 2.41. The van der Waals surface area contributed by atoms with Gasteiger partial charge in [-0.25, -0.2) is 4.79 Å². The Bertz CT molecular complexity index is 1090. The SMILES string of the molecule is CCCC1C(=O)C(C)(C)C1=N[C@@H](Cc1ccc(NC(=O)c2c(Cl)cncc2Cl)cc1)C(=O)O. The Balaban J connectivity index is 1.74. The number of benzene rings is 1. The van der Waals surface area contributed by atoms with E-state index in [1.165, 1.54) is 12.4 Å². The van der Waals surface area contributed by atoms with Crippen LogP contribution in [0.5, 0.6) is 0 Å². The highest BCUT2D eigenvalue weighted by atomic mass is 35.5. The number of nitrogens with zero attached hydrogens (tertiary/aromatic N) is 2. The van der Waals surface area contributed by atoms with Gasteiger partial charge in [0.2, 0.25) is 0 Å². The molecule has 0 bridgehead atoms. The fraction of sp³-hybridized carbons (Fsp3) is 0.375. The summed E-state index contributed by atoms with van der Waals surface area (Å²) >= 11 is 12.0. The van der Waals surface area contributed by atoms with Gasteiger partial charge >= 0.3 is 5.97 Å². The average Bonchev–Trinajstić information content (AvgIpc) is 2.76. The standard InChI is InChI=1S/C24H25Cl2N3O4/c1-4-5-15-20(24(2,3)21(15)30)29-18(23(32)33)10-13-6-8-14(9-7-13)28-22(31)19-16(25)11-27-12-17(19)26/h6-9,11-12,15,18H,4-5,10H2,1-3H3,(H,28,31)(H,32,33)/t15?,18-/m0/s1. The Morgan fingerprint density at radius 2 is 1.79 bits per heavy atom. The molecule has 0 saturated heterocycles. The van der Waals surface area contributed by atoms with Gasteiger partial charge in [0, 0.05) is 30.2 Å². The maximum atomic E-state index is 12.5. The second-order valence-electron chi connectivity index (χ2n) is 8.53. The second-order valence-corrected chi connectivity index (χ2v) is 9.35. The van der Waals surface area contributed by atoms with Crippen molar-refractivity contribution in [2.24, 2.45) is 16.3 Å². The third kappa shape index (κ3) is 5.25. The number of nitrogens with one attached hydrogen (secondary N) is 1. The van der Waals surface area contributed by atoms with Crippen molar-refractivity contribution in [3.8, 4) is 0 Å². The molecule has 0 spiro atoms. The number of aromatic nitrogens is 1. The molecular weight excluding hydrogens is 465 g/mol. The Kier molecular flexibility index (Phi) is 7.55. The molecule has 174 valence electrons. The first-order chi connectivity index (χ1) is 15.6. The Morgan fingerprint density at radius 3 is 2.33 bits per heavy atom. The van der Waals surface area contributed by atoms with Crippen molar-refractivity contribution in [3.05, 3.63) is 57.8 Å². The fourth-order valence-corrected chi connectivity index (χ4v) is 4.51. The first kappa shape index (κ1) is 24.9. The molecular formula is C24H25Cl2N3O4. The van der Waals surface area contributed by atoms with Crippen LogP contribution in [0.15, 0.2) is 41.7 Å². The van der Waals surface area contributed by atoms with Crippen LogP contribution in [0.3, 0.4) is 0 Å². The van der Waals surface area contributed by atoms with Crippen molar-refractivity contribution < 1.29 is 19.5 Å². The molecule has 7 nitrogen and oxygen atoms in total. The first-order valence-corrected chi connectivity index (χ1v) is 11.4. The van der Waals surface area contributed by atoms with Gasteiger partial charge < -0.3 is 10.4 Å². The van der Waals surface area contributed by atoms with Gasteiger partial charge in [0.25, 0.3) is 5.91 Å². The van der Waals surface area contributed by atoms with Gasteiger partial charge in [-0.05, 0) is 38.0 Å². The van der Waals surface area contributed by atoms with Gasteiger partial charge in [0.1, 0.15) is 0 Å². The molecule has 1 aromatic heterocycles. The molecule has 0 aliphatic heterocycles. The number of carboxylic acid groups (broad SMARTS) is 1. The molecule has 1 aliphatic carbocycles. The summed E-state index contributed by atoms with van der Waals surface area (Å²) in [7, 11) is 0. The van der Waals surface area contributed by atoms with Crippen LogP contribution in [0.25, 0.3) is 0 Å². The minimum atomic E-state index is -1.05. The number of ketones is 1. The van der Waals surface area contributed by atoms with Crippen LogP contribution in [0.4, 0.5) is 5.69 Å². The molecule has 2 N–H and O–H groups in total. The summed E-state index contributed by atoms with van der Waals surface area (Å²) in [6.45, 7) is 5.57. The largest absolute Gasteiger partial charge is 0.480 e. The van der Waals surface area contributed by atoms with Gasteiger partial charge in [-0.15, -0.1) is 0 Å². The quantitative estimate of drug-likeness (QED) is 0.535. The van der Waals surface area contributed by atoms with Gasteiger partial charge in [-0.2, -0.15) is 0 Å². The minimum Gasteiger partial charge on any atom is -0.480 e. The molecule has 1 heterocycles. The number of aliphatic imine (C=N–C) groups is 1. The van der Waals surface area contributed by atoms with E-state index in [9.17, 15) is 19.5 Å². The van der Waals surface area contributed by atoms with E-state index in [1.54, 1.807) is 38.1 Å². The number of aliphatic carboxylic acids is 1. The van der Waals surface area contributed by atoms with Crippen LogP contribution in [0.2, 0.25) is 10.0 Å². The molecule has 9 heteroatoms. The maximum absolute atomic E-state index is 12.5. The molecule has 1 aromatic carbocycles. The van der Waals surface area contributed by atoms with E-state index in [1.807, 2.05) is 6.92 Å². The van der Waals surface area contributed by atoms with Gasteiger partial charge in [0.05, 0.1) is 26.9 Å². The second kappa shape index (κ2) is 10.0. The summed E-state index contributed by atoms with van der Waals surface area (Å²) in [4.78, 5) is 45.1. The molecule has 0 radical (unpaired) electrons. The number of halogens is 2. The van der Waals surface area contributed by atoms with Crippen molar-refractivity contribution in [3.63, 3.8) is 0 Å². The highest BCUT2D eigenvalue weighted by molar-refractivity contribution is 6.40. The van der Waals surface area contributed by atoms with E-state index >= 15 is 0 Å². The number of amides is 1. The number of pyridine rings is 1. The van der Waals surface area contributed by atoms with Gasteiger partial charge in [-0.1, -0.05) is 48.7 Å².